The molecule has 1 saturated carbocycles. The standard InChI is InChI=1S/C14H19IN2/c1-10-2-4-14(5-3-10)17-8-11-6-13(15-16)7-12(11)9-17/h2-5,11-13,16H,6-9H2,1H3/t11-,12+,13?. The zero-order valence-electron chi connectivity index (χ0n) is 10.2. The van der Waals surface area contributed by atoms with Gasteiger partial charge in [0.1, 0.15) is 0 Å². The van der Waals surface area contributed by atoms with E-state index >= 15 is 0 Å². The molecule has 3 heteroatoms. The maximum Gasteiger partial charge on any atom is 0.0366 e. The van der Waals surface area contributed by atoms with Gasteiger partial charge in [0.15, 0.2) is 0 Å². The lowest BCUT2D eigenvalue weighted by Gasteiger charge is -2.20. The normalized spacial score (nSPS) is 31.8. The van der Waals surface area contributed by atoms with Crippen LogP contribution in [0.25, 0.3) is 0 Å². The summed E-state index contributed by atoms with van der Waals surface area (Å²) < 4.78 is 8.41. The van der Waals surface area contributed by atoms with Crippen LogP contribution in [0.15, 0.2) is 24.3 Å². The fourth-order valence-corrected chi connectivity index (χ4v) is 5.10. The van der Waals surface area contributed by atoms with Crippen LogP contribution >= 0.6 is 21.0 Å². The third-order valence-electron chi connectivity index (χ3n) is 4.25. The van der Waals surface area contributed by atoms with Crippen LogP contribution in [0.5, 0.6) is 0 Å². The van der Waals surface area contributed by atoms with Crippen molar-refractivity contribution in [3.63, 3.8) is 0 Å². The Morgan fingerprint density at radius 3 is 2.24 bits per heavy atom. The molecular formula is C14H19IN2. The Labute approximate surface area is 113 Å². The molecule has 3 atom stereocenters. The average molecular weight is 342 g/mol. The highest BCUT2D eigenvalue weighted by Crippen LogP contribution is 2.43. The molecule has 1 N–H and O–H groups in total. The minimum absolute atomic E-state index is 0.265. The first-order valence-corrected chi connectivity index (χ1v) is 8.69. The van der Waals surface area contributed by atoms with Gasteiger partial charge in [-0.05, 0) is 64.8 Å². The number of halogens is 1. The monoisotopic (exact) mass is 342 g/mol. The fourth-order valence-electron chi connectivity index (χ4n) is 3.28. The molecule has 2 fully saturated rings. The van der Waals surface area contributed by atoms with E-state index < -0.39 is 0 Å². The van der Waals surface area contributed by atoms with E-state index in [9.17, 15) is 0 Å². The number of fused-ring (bicyclic) bond motifs is 1. The van der Waals surface area contributed by atoms with Crippen LogP contribution in [0.3, 0.4) is 0 Å². The first-order valence-electron chi connectivity index (χ1n) is 6.37. The molecule has 1 aliphatic carbocycles. The van der Waals surface area contributed by atoms with Crippen LogP contribution < -0.4 is 4.90 Å². The molecule has 0 amide bonds. The molecule has 2 aliphatic rings. The van der Waals surface area contributed by atoms with Crippen LogP contribution in [0.1, 0.15) is 18.4 Å². The molecule has 92 valence electrons. The summed E-state index contributed by atoms with van der Waals surface area (Å²) >= 11 is -0.265. The van der Waals surface area contributed by atoms with E-state index in [1.807, 2.05) is 0 Å². The molecule has 1 aromatic rings. The molecule has 0 aromatic heterocycles. The third kappa shape index (κ3) is 2.26. The molecule has 1 aromatic carbocycles. The Morgan fingerprint density at radius 1 is 1.12 bits per heavy atom. The van der Waals surface area contributed by atoms with E-state index in [1.165, 1.54) is 37.2 Å². The van der Waals surface area contributed by atoms with Crippen LogP contribution in [0, 0.1) is 22.3 Å². The first-order chi connectivity index (χ1) is 8.26. The Balaban J connectivity index is 1.70. The maximum atomic E-state index is 7.61. The molecule has 3 rings (SSSR count). The summed E-state index contributed by atoms with van der Waals surface area (Å²) in [5.41, 5.74) is 2.73. The number of benzene rings is 1. The molecule has 17 heavy (non-hydrogen) atoms. The Morgan fingerprint density at radius 2 is 1.71 bits per heavy atom. The van der Waals surface area contributed by atoms with Gasteiger partial charge in [0.05, 0.1) is 0 Å². The SMILES string of the molecule is Cc1ccc(N2C[C@H]3CC(I=N)C[C@H]3C2)cc1. The van der Waals surface area contributed by atoms with Crippen molar-refractivity contribution in [3.8, 4) is 0 Å². The van der Waals surface area contributed by atoms with Crippen molar-refractivity contribution in [2.75, 3.05) is 18.0 Å². The van der Waals surface area contributed by atoms with Crippen LogP contribution in [0.2, 0.25) is 0 Å². The smallest absolute Gasteiger partial charge is 0.0366 e. The second kappa shape index (κ2) is 4.67. The summed E-state index contributed by atoms with van der Waals surface area (Å²) in [5, 5.41) is 0. The van der Waals surface area contributed by atoms with Crippen molar-refractivity contribution in [2.24, 2.45) is 11.8 Å². The second-order valence-corrected chi connectivity index (χ2v) is 7.82. The van der Waals surface area contributed by atoms with E-state index in [0.717, 1.165) is 15.8 Å². The molecule has 1 aliphatic heterocycles. The number of nitrogens with zero attached hydrogens (tertiary/aromatic N) is 1. The Bertz CT molecular complexity index is 401. The molecule has 1 unspecified atom stereocenters. The zero-order valence-corrected chi connectivity index (χ0v) is 12.4. The predicted molar refractivity (Wildman–Crippen MR) is 80.1 cm³/mol. The second-order valence-electron chi connectivity index (χ2n) is 5.44. The average Bonchev–Trinajstić information content (AvgIpc) is 2.87. The molecule has 1 saturated heterocycles. The summed E-state index contributed by atoms with van der Waals surface area (Å²) in [6, 6.07) is 8.93. The van der Waals surface area contributed by atoms with E-state index in [-0.39, 0.29) is 21.0 Å². The largest absolute Gasteiger partial charge is 0.371 e. The van der Waals surface area contributed by atoms with Gasteiger partial charge in [-0.25, -0.2) is 0 Å². The van der Waals surface area contributed by atoms with Gasteiger partial charge in [-0.3, -0.25) is 3.56 Å². The number of aryl methyl sites for hydroxylation is 1. The van der Waals surface area contributed by atoms with Gasteiger partial charge in [0.25, 0.3) is 0 Å². The number of hydrogen-bond donors (Lipinski definition) is 1. The van der Waals surface area contributed by atoms with E-state index in [1.54, 1.807) is 0 Å². The van der Waals surface area contributed by atoms with E-state index in [0.29, 0.717) is 0 Å². The van der Waals surface area contributed by atoms with Crippen LogP contribution in [-0.4, -0.2) is 17.0 Å². The Hall–Kier alpha value is -0.450. The molecule has 0 radical (unpaired) electrons. The number of nitrogens with one attached hydrogen (secondary N) is 1. The topological polar surface area (TPSA) is 27.1 Å². The summed E-state index contributed by atoms with van der Waals surface area (Å²) in [7, 11) is 0. The highest BCUT2D eigenvalue weighted by Gasteiger charge is 2.40. The van der Waals surface area contributed by atoms with Crippen molar-refractivity contribution < 1.29 is 0 Å². The summed E-state index contributed by atoms with van der Waals surface area (Å²) in [6.45, 7) is 4.60. The van der Waals surface area contributed by atoms with Crippen molar-refractivity contribution in [1.82, 2.24) is 0 Å². The van der Waals surface area contributed by atoms with Crippen molar-refractivity contribution >= 4 is 26.7 Å². The molecule has 1 heterocycles. The maximum absolute atomic E-state index is 7.61. The van der Waals surface area contributed by atoms with Gasteiger partial charge < -0.3 is 4.90 Å². The van der Waals surface area contributed by atoms with Crippen LogP contribution in [-0.2, 0) is 0 Å². The molecular weight excluding hydrogens is 323 g/mol. The number of alkyl halides is 1. The van der Waals surface area contributed by atoms with Crippen molar-refractivity contribution in [3.05, 3.63) is 29.8 Å². The lowest BCUT2D eigenvalue weighted by Crippen LogP contribution is -2.21. The minimum Gasteiger partial charge on any atom is -0.371 e. The predicted octanol–water partition coefficient (Wildman–Crippen LogP) is 3.94. The first kappa shape index (κ1) is 11.6. The highest BCUT2D eigenvalue weighted by atomic mass is 127. The Kier molecular flexibility index (Phi) is 3.19. The van der Waals surface area contributed by atoms with E-state index in [4.69, 9.17) is 3.56 Å². The van der Waals surface area contributed by atoms with Gasteiger partial charge in [0.2, 0.25) is 0 Å². The number of hydrogen-bond acceptors (Lipinski definition) is 2. The fraction of sp³-hybridized carbons (Fsp3) is 0.571. The van der Waals surface area contributed by atoms with Gasteiger partial charge in [-0.2, -0.15) is 0 Å². The summed E-state index contributed by atoms with van der Waals surface area (Å²) in [5.74, 6) is 1.76. The lowest BCUT2D eigenvalue weighted by molar-refractivity contribution is 0.494. The van der Waals surface area contributed by atoms with Crippen molar-refractivity contribution in [1.29, 1.82) is 3.56 Å². The quantitative estimate of drug-likeness (QED) is 0.640. The van der Waals surface area contributed by atoms with Gasteiger partial charge in [-0.1, -0.05) is 17.7 Å². The number of rotatable bonds is 2. The molecule has 2 nitrogen and oxygen atoms in total. The third-order valence-corrected chi connectivity index (χ3v) is 6.14. The zero-order chi connectivity index (χ0) is 11.8. The molecule has 0 bridgehead atoms. The van der Waals surface area contributed by atoms with Gasteiger partial charge in [-0.15, -0.1) is 0 Å². The highest BCUT2D eigenvalue weighted by molar-refractivity contribution is 14.1. The van der Waals surface area contributed by atoms with Crippen LogP contribution in [0.4, 0.5) is 5.69 Å². The van der Waals surface area contributed by atoms with E-state index in [2.05, 4.69) is 36.1 Å². The van der Waals surface area contributed by atoms with Crippen molar-refractivity contribution in [2.45, 2.75) is 23.7 Å². The van der Waals surface area contributed by atoms with Gasteiger partial charge in [0, 0.05) is 22.7 Å². The lowest BCUT2D eigenvalue weighted by atomic mass is 10.0. The minimum atomic E-state index is -0.265. The summed E-state index contributed by atoms with van der Waals surface area (Å²) in [4.78, 5) is 2.55. The van der Waals surface area contributed by atoms with Gasteiger partial charge >= 0.3 is 0 Å². The number of anilines is 1. The molecule has 0 spiro atoms. The summed E-state index contributed by atoms with van der Waals surface area (Å²) in [6.07, 6.45) is 2.67.